The van der Waals surface area contributed by atoms with E-state index in [1.165, 1.54) is 11.3 Å². The van der Waals surface area contributed by atoms with Crippen LogP contribution in [0, 0.1) is 0 Å². The minimum absolute atomic E-state index is 0.285. The van der Waals surface area contributed by atoms with Gasteiger partial charge in [-0.25, -0.2) is 4.68 Å². The SMILES string of the molecule is CCNC(CC)c1nnn(-c2ccccc2CC)c1CC. The average Bonchev–Trinajstić information content (AvgIpc) is 2.95. The summed E-state index contributed by atoms with van der Waals surface area (Å²) in [6.45, 7) is 9.61. The fraction of sp³-hybridized carbons (Fsp3) is 0.529. The van der Waals surface area contributed by atoms with Gasteiger partial charge in [-0.2, -0.15) is 0 Å². The number of nitrogens with one attached hydrogen (secondary N) is 1. The third-order valence-corrected chi connectivity index (χ3v) is 3.92. The van der Waals surface area contributed by atoms with Gasteiger partial charge in [0.2, 0.25) is 0 Å². The maximum absolute atomic E-state index is 4.48. The van der Waals surface area contributed by atoms with Gasteiger partial charge in [0, 0.05) is 0 Å². The van der Waals surface area contributed by atoms with Crippen molar-refractivity contribution in [2.24, 2.45) is 0 Å². The lowest BCUT2D eigenvalue weighted by Crippen LogP contribution is -2.22. The molecule has 1 aromatic carbocycles. The summed E-state index contributed by atoms with van der Waals surface area (Å²) in [7, 11) is 0. The van der Waals surface area contributed by atoms with E-state index in [-0.39, 0.29) is 6.04 Å². The van der Waals surface area contributed by atoms with Gasteiger partial charge in [0.25, 0.3) is 0 Å². The Morgan fingerprint density at radius 2 is 1.86 bits per heavy atom. The molecule has 1 N–H and O–H groups in total. The van der Waals surface area contributed by atoms with Crippen molar-refractivity contribution in [3.05, 3.63) is 41.2 Å². The Morgan fingerprint density at radius 1 is 1.10 bits per heavy atom. The topological polar surface area (TPSA) is 42.7 Å². The first-order valence-corrected chi connectivity index (χ1v) is 8.02. The molecule has 0 aliphatic rings. The molecule has 1 unspecified atom stereocenters. The normalized spacial score (nSPS) is 12.6. The van der Waals surface area contributed by atoms with Crippen LogP contribution in [0.25, 0.3) is 5.69 Å². The summed E-state index contributed by atoms with van der Waals surface area (Å²) < 4.78 is 2.02. The molecule has 114 valence electrons. The summed E-state index contributed by atoms with van der Waals surface area (Å²) in [4.78, 5) is 0. The van der Waals surface area contributed by atoms with Crippen LogP contribution in [0.15, 0.2) is 24.3 Å². The van der Waals surface area contributed by atoms with Crippen LogP contribution in [-0.4, -0.2) is 21.5 Å². The lowest BCUT2D eigenvalue weighted by molar-refractivity contribution is 0.520. The molecule has 0 fully saturated rings. The fourth-order valence-electron chi connectivity index (χ4n) is 2.81. The molecule has 21 heavy (non-hydrogen) atoms. The van der Waals surface area contributed by atoms with Crippen LogP contribution in [0.3, 0.4) is 0 Å². The van der Waals surface area contributed by atoms with E-state index in [1.54, 1.807) is 0 Å². The smallest absolute Gasteiger partial charge is 0.103 e. The summed E-state index contributed by atoms with van der Waals surface area (Å²) in [5, 5.41) is 12.4. The second-order valence-electron chi connectivity index (χ2n) is 5.19. The van der Waals surface area contributed by atoms with Gasteiger partial charge in [-0.05, 0) is 37.4 Å². The highest BCUT2D eigenvalue weighted by Gasteiger charge is 2.20. The van der Waals surface area contributed by atoms with E-state index in [0.717, 1.165) is 37.2 Å². The maximum atomic E-state index is 4.48. The van der Waals surface area contributed by atoms with Crippen LogP contribution in [0.2, 0.25) is 0 Å². The van der Waals surface area contributed by atoms with Gasteiger partial charge in [0.05, 0.1) is 17.4 Å². The van der Waals surface area contributed by atoms with E-state index >= 15 is 0 Å². The molecule has 0 saturated heterocycles. The van der Waals surface area contributed by atoms with Crippen LogP contribution in [0.1, 0.15) is 57.1 Å². The number of para-hydroxylation sites is 1. The standard InChI is InChI=1S/C17H26N4/c1-5-13-11-9-10-12-16(13)21-15(7-3)17(19-20-21)14(6-2)18-8-4/h9-12,14,18H,5-8H2,1-4H3. The van der Waals surface area contributed by atoms with Crippen molar-refractivity contribution in [3.8, 4) is 5.69 Å². The highest BCUT2D eigenvalue weighted by atomic mass is 15.4. The monoisotopic (exact) mass is 286 g/mol. The highest BCUT2D eigenvalue weighted by Crippen LogP contribution is 2.23. The zero-order valence-electron chi connectivity index (χ0n) is 13.6. The van der Waals surface area contributed by atoms with Crippen molar-refractivity contribution in [1.82, 2.24) is 20.3 Å². The van der Waals surface area contributed by atoms with Crippen LogP contribution in [0.4, 0.5) is 0 Å². The predicted octanol–water partition coefficient (Wildman–Crippen LogP) is 3.45. The van der Waals surface area contributed by atoms with Crippen LogP contribution in [-0.2, 0) is 12.8 Å². The second-order valence-corrected chi connectivity index (χ2v) is 5.19. The van der Waals surface area contributed by atoms with E-state index in [2.05, 4.69) is 67.6 Å². The summed E-state index contributed by atoms with van der Waals surface area (Å²) in [6, 6.07) is 8.73. The minimum Gasteiger partial charge on any atom is -0.309 e. The van der Waals surface area contributed by atoms with Gasteiger partial charge in [0.15, 0.2) is 0 Å². The Balaban J connectivity index is 2.48. The van der Waals surface area contributed by atoms with E-state index in [4.69, 9.17) is 0 Å². The molecular formula is C17H26N4. The van der Waals surface area contributed by atoms with Crippen molar-refractivity contribution in [3.63, 3.8) is 0 Å². The number of rotatable bonds is 7. The first-order chi connectivity index (χ1) is 10.3. The Hall–Kier alpha value is -1.68. The molecule has 0 radical (unpaired) electrons. The molecule has 0 spiro atoms. The van der Waals surface area contributed by atoms with E-state index in [0.29, 0.717) is 0 Å². The minimum atomic E-state index is 0.285. The lowest BCUT2D eigenvalue weighted by Gasteiger charge is -2.15. The molecule has 1 heterocycles. The second kappa shape index (κ2) is 7.36. The van der Waals surface area contributed by atoms with Gasteiger partial charge >= 0.3 is 0 Å². The molecule has 2 aromatic rings. The number of hydrogen-bond donors (Lipinski definition) is 1. The van der Waals surface area contributed by atoms with Gasteiger partial charge < -0.3 is 5.32 Å². The van der Waals surface area contributed by atoms with Gasteiger partial charge in [0.1, 0.15) is 5.69 Å². The fourth-order valence-corrected chi connectivity index (χ4v) is 2.81. The average molecular weight is 286 g/mol. The Bertz CT molecular complexity index is 574. The maximum Gasteiger partial charge on any atom is 0.103 e. The molecule has 4 heteroatoms. The Kier molecular flexibility index (Phi) is 5.51. The molecule has 2 rings (SSSR count). The summed E-state index contributed by atoms with van der Waals surface area (Å²) >= 11 is 0. The molecule has 0 amide bonds. The molecular weight excluding hydrogens is 260 g/mol. The van der Waals surface area contributed by atoms with Crippen LogP contribution < -0.4 is 5.32 Å². The van der Waals surface area contributed by atoms with Crippen LogP contribution in [0.5, 0.6) is 0 Å². The van der Waals surface area contributed by atoms with Crippen molar-refractivity contribution in [2.75, 3.05) is 6.54 Å². The van der Waals surface area contributed by atoms with Gasteiger partial charge in [-0.3, -0.25) is 0 Å². The summed E-state index contributed by atoms with van der Waals surface area (Å²) in [5.74, 6) is 0. The first-order valence-electron chi connectivity index (χ1n) is 8.02. The number of aromatic nitrogens is 3. The van der Waals surface area contributed by atoms with Gasteiger partial charge in [-0.1, -0.05) is 51.1 Å². The van der Waals surface area contributed by atoms with E-state index in [9.17, 15) is 0 Å². The molecule has 4 nitrogen and oxygen atoms in total. The van der Waals surface area contributed by atoms with E-state index in [1.807, 2.05) is 4.68 Å². The quantitative estimate of drug-likeness (QED) is 0.847. The number of benzene rings is 1. The molecule has 0 aliphatic carbocycles. The molecule has 1 atom stereocenters. The van der Waals surface area contributed by atoms with Crippen molar-refractivity contribution in [2.45, 2.75) is 53.0 Å². The predicted molar refractivity (Wildman–Crippen MR) is 86.8 cm³/mol. The summed E-state index contributed by atoms with van der Waals surface area (Å²) in [5.41, 5.74) is 4.76. The molecule has 0 bridgehead atoms. The zero-order valence-corrected chi connectivity index (χ0v) is 13.6. The zero-order chi connectivity index (χ0) is 15.2. The number of aryl methyl sites for hydroxylation is 1. The lowest BCUT2D eigenvalue weighted by atomic mass is 10.1. The van der Waals surface area contributed by atoms with Crippen molar-refractivity contribution < 1.29 is 0 Å². The molecule has 1 aromatic heterocycles. The first kappa shape index (κ1) is 15.7. The number of hydrogen-bond acceptors (Lipinski definition) is 3. The van der Waals surface area contributed by atoms with Crippen molar-refractivity contribution >= 4 is 0 Å². The highest BCUT2D eigenvalue weighted by molar-refractivity contribution is 5.42. The van der Waals surface area contributed by atoms with Gasteiger partial charge in [-0.15, -0.1) is 5.10 Å². The Morgan fingerprint density at radius 3 is 2.48 bits per heavy atom. The van der Waals surface area contributed by atoms with E-state index < -0.39 is 0 Å². The Labute approximate surface area is 127 Å². The summed E-state index contributed by atoms with van der Waals surface area (Å²) in [6.07, 6.45) is 2.95. The van der Waals surface area contributed by atoms with Crippen LogP contribution >= 0.6 is 0 Å². The van der Waals surface area contributed by atoms with Crippen molar-refractivity contribution in [1.29, 1.82) is 0 Å². The third-order valence-electron chi connectivity index (χ3n) is 3.92. The number of nitrogens with zero attached hydrogens (tertiary/aromatic N) is 3. The molecule has 0 aliphatic heterocycles. The third kappa shape index (κ3) is 3.16. The largest absolute Gasteiger partial charge is 0.309 e. The molecule has 0 saturated carbocycles.